The quantitative estimate of drug-likeness (QED) is 0.591. The van der Waals surface area contributed by atoms with Crippen molar-refractivity contribution in [1.82, 2.24) is 19.5 Å². The molecule has 3 aromatic rings. The van der Waals surface area contributed by atoms with Gasteiger partial charge in [-0.2, -0.15) is 0 Å². The van der Waals surface area contributed by atoms with Gasteiger partial charge in [0, 0.05) is 31.1 Å². The van der Waals surface area contributed by atoms with Gasteiger partial charge in [-0.15, -0.1) is 10.2 Å². The minimum absolute atomic E-state index is 0.0201. The first-order valence-electron chi connectivity index (χ1n) is 11.5. The normalized spacial score (nSPS) is 20.0. The maximum atomic E-state index is 12.5. The zero-order valence-electron chi connectivity index (χ0n) is 18.8. The van der Waals surface area contributed by atoms with Crippen molar-refractivity contribution < 1.29 is 24.2 Å². The van der Waals surface area contributed by atoms with E-state index in [-0.39, 0.29) is 24.3 Å². The molecule has 1 saturated heterocycles. The minimum atomic E-state index is -1.09. The zero-order chi connectivity index (χ0) is 23.4. The molecule has 0 radical (unpaired) electrons. The Balaban J connectivity index is 1.47. The predicted octanol–water partition coefficient (Wildman–Crippen LogP) is 3.01. The van der Waals surface area contributed by atoms with E-state index in [9.17, 15) is 14.7 Å². The second kappa shape index (κ2) is 7.89. The highest BCUT2D eigenvalue weighted by atomic mass is 16.5. The van der Waals surface area contributed by atoms with Crippen LogP contribution < -0.4 is 14.4 Å². The molecule has 0 unspecified atom stereocenters. The monoisotopic (exact) mass is 463 g/mol. The topological polar surface area (TPSA) is 110 Å². The number of hydrogen-bond donors (Lipinski definition) is 1. The molecule has 1 fully saturated rings. The molecule has 6 rings (SSSR count). The summed E-state index contributed by atoms with van der Waals surface area (Å²) in [4.78, 5) is 27.4. The van der Waals surface area contributed by atoms with Crippen molar-refractivity contribution in [3.63, 3.8) is 0 Å². The summed E-state index contributed by atoms with van der Waals surface area (Å²) in [7, 11) is 0. The van der Waals surface area contributed by atoms with Crippen molar-refractivity contribution in [2.24, 2.45) is 0 Å². The molecule has 10 heteroatoms. The number of hydrogen-bond acceptors (Lipinski definition) is 6. The number of nitrogens with zero attached hydrogens (tertiary/aromatic N) is 5. The van der Waals surface area contributed by atoms with Crippen LogP contribution in [0, 0.1) is 0 Å². The van der Waals surface area contributed by atoms with E-state index >= 15 is 0 Å². The number of benzene rings is 1. The molecule has 34 heavy (non-hydrogen) atoms. The third-order valence-electron chi connectivity index (χ3n) is 7.18. The number of likely N-dealkylation sites (tertiary alicyclic amines) is 1. The molecule has 2 aromatic heterocycles. The number of carboxylic acid groups (broad SMARTS) is 1. The molecule has 176 valence electrons. The standard InChI is InChI=1S/C24H25N5O5/c1-14(30)27-7-5-15(6-8-27)18-9-20-23(29-13-25-26-22(18)29)28(24(31)32)10-16-3-2-4-19-21(16)17(11-33-19)12-34-20/h2-4,9,13,15,17H,5-8,10-12H2,1H3,(H,31,32)/t17-/m0/s1. The Hall–Kier alpha value is -3.82. The van der Waals surface area contributed by atoms with E-state index in [4.69, 9.17) is 9.47 Å². The van der Waals surface area contributed by atoms with E-state index in [1.54, 1.807) is 17.7 Å². The molecule has 0 aliphatic carbocycles. The highest BCUT2D eigenvalue weighted by Crippen LogP contribution is 2.43. The van der Waals surface area contributed by atoms with Gasteiger partial charge < -0.3 is 19.5 Å². The van der Waals surface area contributed by atoms with Crippen LogP contribution in [0.1, 0.15) is 48.3 Å². The van der Waals surface area contributed by atoms with Gasteiger partial charge >= 0.3 is 6.09 Å². The van der Waals surface area contributed by atoms with Gasteiger partial charge in [0.2, 0.25) is 5.91 Å². The average molecular weight is 463 g/mol. The molecular formula is C24H25N5O5. The lowest BCUT2D eigenvalue weighted by atomic mass is 9.89. The van der Waals surface area contributed by atoms with E-state index in [1.807, 2.05) is 29.2 Å². The first-order chi connectivity index (χ1) is 16.5. The lowest BCUT2D eigenvalue weighted by Crippen LogP contribution is -2.36. The molecule has 5 heterocycles. The lowest BCUT2D eigenvalue weighted by Gasteiger charge is -2.32. The molecular weight excluding hydrogens is 438 g/mol. The van der Waals surface area contributed by atoms with Crippen LogP contribution >= 0.6 is 0 Å². The second-order valence-electron chi connectivity index (χ2n) is 9.11. The summed E-state index contributed by atoms with van der Waals surface area (Å²) in [5.74, 6) is 1.94. The molecule has 0 saturated carbocycles. The van der Waals surface area contributed by atoms with Gasteiger partial charge in [0.15, 0.2) is 17.2 Å². The molecule has 10 nitrogen and oxygen atoms in total. The number of amides is 2. The van der Waals surface area contributed by atoms with Crippen LogP contribution in [0.2, 0.25) is 0 Å². The maximum Gasteiger partial charge on any atom is 0.413 e. The van der Waals surface area contributed by atoms with E-state index in [1.165, 1.54) is 4.90 Å². The maximum absolute atomic E-state index is 12.5. The summed E-state index contributed by atoms with van der Waals surface area (Å²) in [6.07, 6.45) is 2.06. The van der Waals surface area contributed by atoms with Gasteiger partial charge in [0.05, 0.1) is 25.7 Å². The van der Waals surface area contributed by atoms with Crippen LogP contribution in [0.4, 0.5) is 10.6 Å². The number of anilines is 1. The van der Waals surface area contributed by atoms with Crippen LogP contribution in [0.25, 0.3) is 5.65 Å². The van der Waals surface area contributed by atoms with Crippen molar-refractivity contribution in [3.8, 4) is 11.5 Å². The fourth-order valence-corrected chi connectivity index (χ4v) is 5.47. The van der Waals surface area contributed by atoms with Crippen LogP contribution in [0.15, 0.2) is 30.6 Å². The third-order valence-corrected chi connectivity index (χ3v) is 7.18. The molecule has 1 aromatic carbocycles. The van der Waals surface area contributed by atoms with Crippen LogP contribution in [0.3, 0.4) is 0 Å². The van der Waals surface area contributed by atoms with E-state index in [0.29, 0.717) is 43.5 Å². The van der Waals surface area contributed by atoms with E-state index in [2.05, 4.69) is 10.2 Å². The second-order valence-corrected chi connectivity index (χ2v) is 9.11. The Labute approximate surface area is 195 Å². The Morgan fingerprint density at radius 1 is 1.09 bits per heavy atom. The number of fused-ring (bicyclic) bond motifs is 3. The number of piperidine rings is 1. The summed E-state index contributed by atoms with van der Waals surface area (Å²) >= 11 is 0. The molecule has 1 atom stereocenters. The highest BCUT2D eigenvalue weighted by molar-refractivity contribution is 5.88. The number of carbonyl (C=O) groups is 2. The first-order valence-corrected chi connectivity index (χ1v) is 11.5. The van der Waals surface area contributed by atoms with Crippen molar-refractivity contribution in [3.05, 3.63) is 47.3 Å². The van der Waals surface area contributed by atoms with Gasteiger partial charge in [0.25, 0.3) is 0 Å². The largest absolute Gasteiger partial charge is 0.493 e. The summed E-state index contributed by atoms with van der Waals surface area (Å²) < 4.78 is 13.9. The van der Waals surface area contributed by atoms with Crippen molar-refractivity contribution in [1.29, 1.82) is 0 Å². The summed E-state index contributed by atoms with van der Waals surface area (Å²) in [5, 5.41) is 18.7. The van der Waals surface area contributed by atoms with E-state index < -0.39 is 6.09 Å². The smallest absolute Gasteiger partial charge is 0.413 e. The minimum Gasteiger partial charge on any atom is -0.493 e. The summed E-state index contributed by atoms with van der Waals surface area (Å²) in [6, 6.07) is 7.68. The molecule has 1 N–H and O–H groups in total. The fraction of sp³-hybridized carbons (Fsp3) is 0.417. The lowest BCUT2D eigenvalue weighted by molar-refractivity contribution is -0.129. The van der Waals surface area contributed by atoms with Crippen LogP contribution in [0.5, 0.6) is 11.5 Å². The van der Waals surface area contributed by atoms with Gasteiger partial charge in [-0.25, -0.2) is 4.79 Å². The molecule has 3 aliphatic rings. The highest BCUT2D eigenvalue weighted by Gasteiger charge is 2.34. The SMILES string of the molecule is CC(=O)N1CCC(c2cc3c(n4cnnc24)N(C(=O)O)Cc2cccc4c2[C@@H](CO4)CO3)CC1. The van der Waals surface area contributed by atoms with Crippen molar-refractivity contribution in [2.75, 3.05) is 31.2 Å². The van der Waals surface area contributed by atoms with Gasteiger partial charge in [-0.1, -0.05) is 12.1 Å². The van der Waals surface area contributed by atoms with Crippen LogP contribution in [-0.2, 0) is 11.3 Å². The fourth-order valence-electron chi connectivity index (χ4n) is 5.47. The zero-order valence-corrected chi connectivity index (χ0v) is 18.8. The Bertz CT molecular complexity index is 1300. The average Bonchev–Trinajstić information content (AvgIpc) is 3.49. The number of rotatable bonds is 1. The Kier molecular flexibility index (Phi) is 4.82. The number of carbonyl (C=O) groups excluding carboxylic acids is 1. The molecule has 3 aliphatic heterocycles. The van der Waals surface area contributed by atoms with Crippen LogP contribution in [-0.4, -0.2) is 62.9 Å². The van der Waals surface area contributed by atoms with Gasteiger partial charge in [-0.3, -0.25) is 14.1 Å². The van der Waals surface area contributed by atoms with Gasteiger partial charge in [-0.05, 0) is 36.5 Å². The molecule has 0 bridgehead atoms. The summed E-state index contributed by atoms with van der Waals surface area (Å²) in [6.45, 7) is 3.99. The summed E-state index contributed by atoms with van der Waals surface area (Å²) in [5.41, 5.74) is 3.50. The molecule has 0 spiro atoms. The predicted molar refractivity (Wildman–Crippen MR) is 122 cm³/mol. The number of aromatic nitrogens is 3. The Morgan fingerprint density at radius 2 is 1.85 bits per heavy atom. The Morgan fingerprint density at radius 3 is 2.59 bits per heavy atom. The van der Waals surface area contributed by atoms with Gasteiger partial charge in [0.1, 0.15) is 12.1 Å². The number of ether oxygens (including phenoxy) is 2. The van der Waals surface area contributed by atoms with Crippen molar-refractivity contribution in [2.45, 2.75) is 38.1 Å². The van der Waals surface area contributed by atoms with E-state index in [0.717, 1.165) is 35.3 Å². The number of pyridine rings is 1. The molecule has 2 amide bonds. The first kappa shape index (κ1) is 20.8. The van der Waals surface area contributed by atoms with Crippen molar-refractivity contribution >= 4 is 23.5 Å². The third kappa shape index (κ3) is 3.24.